The average molecular weight is 499 g/mol. The molecule has 0 fully saturated rings. The van der Waals surface area contributed by atoms with Gasteiger partial charge in [0.2, 0.25) is 0 Å². The maximum atomic E-state index is 6.75. The highest BCUT2D eigenvalue weighted by Gasteiger charge is 2.12. The summed E-state index contributed by atoms with van der Waals surface area (Å²) >= 11 is 6.75. The zero-order valence-corrected chi connectivity index (χ0v) is 22.4. The van der Waals surface area contributed by atoms with E-state index in [9.17, 15) is 0 Å². The molecule has 0 saturated heterocycles. The summed E-state index contributed by atoms with van der Waals surface area (Å²) < 4.78 is 2.11. The fourth-order valence-corrected chi connectivity index (χ4v) is 4.75. The first-order chi connectivity index (χ1) is 17.3. The maximum absolute atomic E-state index is 6.75. The monoisotopic (exact) mass is 498 g/mol. The molecule has 0 amide bonds. The van der Waals surface area contributed by atoms with E-state index >= 15 is 0 Å². The molecule has 186 valence electrons. The van der Waals surface area contributed by atoms with Crippen molar-refractivity contribution in [2.24, 2.45) is 12.0 Å². The van der Waals surface area contributed by atoms with Gasteiger partial charge >= 0.3 is 0 Å². The Balaban J connectivity index is 1.49. The molecule has 0 spiro atoms. The maximum Gasteiger partial charge on any atom is 0.0860 e. The van der Waals surface area contributed by atoms with Gasteiger partial charge in [-0.1, -0.05) is 43.3 Å². The molecule has 2 N–H and O–H groups in total. The van der Waals surface area contributed by atoms with Crippen molar-refractivity contribution >= 4 is 46.3 Å². The van der Waals surface area contributed by atoms with Crippen molar-refractivity contribution in [2.45, 2.75) is 39.7 Å². The molecule has 0 saturated carbocycles. The topological polar surface area (TPSA) is 41.4 Å². The second kappa shape index (κ2) is 11.0. The molecule has 0 aliphatic heterocycles. The van der Waals surface area contributed by atoms with Gasteiger partial charge in [-0.25, -0.2) is 0 Å². The highest BCUT2D eigenvalue weighted by molar-refractivity contribution is 6.34. The molecule has 1 aromatic heterocycles. The Labute approximate surface area is 219 Å². The van der Waals surface area contributed by atoms with Gasteiger partial charge in [0.25, 0.3) is 0 Å². The minimum absolute atomic E-state index is 0.398. The summed E-state index contributed by atoms with van der Waals surface area (Å²) in [5, 5.41) is 8.88. The third kappa shape index (κ3) is 5.50. The molecule has 1 unspecified atom stereocenters. The predicted octanol–water partition coefficient (Wildman–Crippen LogP) is 8.15. The summed E-state index contributed by atoms with van der Waals surface area (Å²) in [6.45, 7) is 15.3. The van der Waals surface area contributed by atoms with Gasteiger partial charge in [0.15, 0.2) is 0 Å². The third-order valence-corrected chi connectivity index (χ3v) is 7.15. The zero-order valence-electron chi connectivity index (χ0n) is 21.7. The molecule has 0 aliphatic carbocycles. The first-order valence-electron chi connectivity index (χ1n) is 12.5. The summed E-state index contributed by atoms with van der Waals surface area (Å²) in [6, 6.07) is 19.4. The van der Waals surface area contributed by atoms with E-state index in [0.29, 0.717) is 11.1 Å². The van der Waals surface area contributed by atoms with Gasteiger partial charge in [0.05, 0.1) is 16.4 Å². The highest BCUT2D eigenvalue weighted by Crippen LogP contribution is 2.38. The Morgan fingerprint density at radius 3 is 2.67 bits per heavy atom. The number of aryl methyl sites for hydroxylation is 2. The van der Waals surface area contributed by atoms with Gasteiger partial charge < -0.3 is 15.2 Å². The molecular weight excluding hydrogens is 464 g/mol. The lowest BCUT2D eigenvalue weighted by molar-refractivity contribution is 0.630. The van der Waals surface area contributed by atoms with Crippen LogP contribution in [0.2, 0.25) is 5.02 Å². The summed E-state index contributed by atoms with van der Waals surface area (Å²) in [5.41, 5.74) is 9.50. The molecule has 3 aromatic carbocycles. The second-order valence-electron chi connectivity index (χ2n) is 9.47. The van der Waals surface area contributed by atoms with Crippen molar-refractivity contribution < 1.29 is 0 Å². The first kappa shape index (κ1) is 25.6. The lowest BCUT2D eigenvalue weighted by atomic mass is 10.0. The number of aromatic nitrogens is 1. The smallest absolute Gasteiger partial charge is 0.0860 e. The lowest BCUT2D eigenvalue weighted by Gasteiger charge is -2.18. The fraction of sp³-hybridized carbons (Fsp3) is 0.258. The number of nitrogens with one attached hydrogen (secondary N) is 2. The number of anilines is 1. The fourth-order valence-electron chi connectivity index (χ4n) is 4.47. The van der Waals surface area contributed by atoms with Crippen LogP contribution in [-0.4, -0.2) is 23.9 Å². The van der Waals surface area contributed by atoms with Crippen LogP contribution in [0.25, 0.3) is 27.7 Å². The van der Waals surface area contributed by atoms with Crippen LogP contribution in [0.3, 0.4) is 0 Å². The van der Waals surface area contributed by atoms with Crippen LogP contribution < -0.4 is 10.6 Å². The molecule has 4 rings (SSSR count). The minimum atomic E-state index is 0.398. The number of hydrogen-bond donors (Lipinski definition) is 2. The van der Waals surface area contributed by atoms with E-state index in [-0.39, 0.29) is 0 Å². The van der Waals surface area contributed by atoms with E-state index in [2.05, 4.69) is 103 Å². The van der Waals surface area contributed by atoms with Gasteiger partial charge in [-0.15, -0.1) is 0 Å². The van der Waals surface area contributed by atoms with Crippen molar-refractivity contribution in [3.8, 4) is 11.1 Å². The van der Waals surface area contributed by atoms with E-state index in [0.717, 1.165) is 47.6 Å². The number of benzene rings is 3. The van der Waals surface area contributed by atoms with Crippen molar-refractivity contribution in [3.63, 3.8) is 0 Å². The summed E-state index contributed by atoms with van der Waals surface area (Å²) in [6.07, 6.45) is 3.99. The van der Waals surface area contributed by atoms with E-state index < -0.39 is 0 Å². The normalized spacial score (nSPS) is 11.9. The first-order valence-corrected chi connectivity index (χ1v) is 12.8. The van der Waals surface area contributed by atoms with Crippen molar-refractivity contribution in [2.75, 3.05) is 11.9 Å². The summed E-state index contributed by atoms with van der Waals surface area (Å²) in [7, 11) is 2.05. The molecule has 1 atom stereocenters. The summed E-state index contributed by atoms with van der Waals surface area (Å²) in [4.78, 5) is 4.28. The number of hydrogen-bond acceptors (Lipinski definition) is 3. The van der Waals surface area contributed by atoms with Gasteiger partial charge in [0, 0.05) is 53.6 Å². The minimum Gasteiger partial charge on any atom is -0.383 e. The number of aliphatic imine (C=N–C) groups is 1. The van der Waals surface area contributed by atoms with E-state index in [1.165, 1.54) is 27.6 Å². The molecular formula is C31H35ClN4. The Morgan fingerprint density at radius 1 is 1.11 bits per heavy atom. The second-order valence-corrected chi connectivity index (χ2v) is 9.87. The third-order valence-electron chi connectivity index (χ3n) is 6.84. The number of fused-ring (bicyclic) bond motifs is 1. The van der Waals surface area contributed by atoms with Crippen LogP contribution >= 0.6 is 11.6 Å². The Kier molecular flexibility index (Phi) is 7.85. The van der Waals surface area contributed by atoms with E-state index in [4.69, 9.17) is 11.6 Å². The van der Waals surface area contributed by atoms with E-state index in [1.54, 1.807) is 0 Å². The van der Waals surface area contributed by atoms with Crippen LogP contribution in [0.5, 0.6) is 0 Å². The quantitative estimate of drug-likeness (QED) is 0.216. The molecule has 4 aromatic rings. The SMILES string of the molecule is C=Nc1cc(-c2ccc3c(ccn3C)c2)c(Cl)cc1NCCc1ccc(C)c(C(=C)NC(C)CC)c1. The highest BCUT2D eigenvalue weighted by atomic mass is 35.5. The predicted molar refractivity (Wildman–Crippen MR) is 158 cm³/mol. The standard InChI is InChI=1S/C31H35ClN4/c1-7-21(3)35-22(4)26-16-23(9-8-20(26)2)12-14-34-30-19-28(32)27(18-29(30)33-5)24-10-11-31-25(17-24)13-15-36(31)6/h8-11,13,15-19,21,34-35H,4-5,7,12,14H2,1-3,6H3. The number of nitrogens with zero attached hydrogens (tertiary/aromatic N) is 2. The number of rotatable bonds is 10. The van der Waals surface area contributed by atoms with Crippen molar-refractivity contribution in [1.82, 2.24) is 9.88 Å². The van der Waals surface area contributed by atoms with Gasteiger partial charge in [-0.05, 0) is 86.5 Å². The van der Waals surface area contributed by atoms with Crippen LogP contribution in [-0.2, 0) is 13.5 Å². The molecule has 0 radical (unpaired) electrons. The Morgan fingerprint density at radius 2 is 1.92 bits per heavy atom. The van der Waals surface area contributed by atoms with Crippen molar-refractivity contribution in [3.05, 3.63) is 89.1 Å². The lowest BCUT2D eigenvalue weighted by Crippen LogP contribution is -2.23. The van der Waals surface area contributed by atoms with Crippen LogP contribution in [0.4, 0.5) is 11.4 Å². The average Bonchev–Trinajstić information content (AvgIpc) is 3.24. The molecule has 5 heteroatoms. The Bertz CT molecular complexity index is 1420. The molecule has 4 nitrogen and oxygen atoms in total. The molecule has 0 bridgehead atoms. The molecule has 0 aliphatic rings. The van der Waals surface area contributed by atoms with Gasteiger partial charge in [0.1, 0.15) is 0 Å². The number of halogens is 1. The van der Waals surface area contributed by atoms with Crippen LogP contribution in [0.1, 0.15) is 37.0 Å². The van der Waals surface area contributed by atoms with Gasteiger partial charge in [-0.3, -0.25) is 4.99 Å². The van der Waals surface area contributed by atoms with E-state index in [1.807, 2.05) is 19.2 Å². The van der Waals surface area contributed by atoms with Crippen molar-refractivity contribution in [1.29, 1.82) is 0 Å². The van der Waals surface area contributed by atoms with Gasteiger partial charge in [-0.2, -0.15) is 0 Å². The summed E-state index contributed by atoms with van der Waals surface area (Å²) in [5.74, 6) is 0. The largest absolute Gasteiger partial charge is 0.383 e. The van der Waals surface area contributed by atoms with Crippen LogP contribution in [0.15, 0.2) is 72.4 Å². The van der Waals surface area contributed by atoms with Crippen LogP contribution in [0, 0.1) is 6.92 Å². The molecule has 1 heterocycles. The molecule has 36 heavy (non-hydrogen) atoms. The zero-order chi connectivity index (χ0) is 25.8. The Hall–Kier alpha value is -3.50.